The minimum absolute atomic E-state index is 0.240. The van der Waals surface area contributed by atoms with E-state index >= 15 is 0 Å². The number of alkyl halides is 3. The quantitative estimate of drug-likeness (QED) is 0.714. The van der Waals surface area contributed by atoms with E-state index in [1.165, 1.54) is 0 Å². The van der Waals surface area contributed by atoms with Crippen molar-refractivity contribution in [2.75, 3.05) is 18.8 Å². The molecule has 1 fully saturated rings. The van der Waals surface area contributed by atoms with Crippen molar-refractivity contribution in [1.29, 1.82) is 0 Å². The van der Waals surface area contributed by atoms with Crippen LogP contribution in [0, 0.1) is 5.92 Å². The van der Waals surface area contributed by atoms with Crippen LogP contribution in [0.4, 0.5) is 18.9 Å². The molecule has 1 saturated heterocycles. The zero-order chi connectivity index (χ0) is 13.6. The molecule has 1 aliphatic heterocycles. The van der Waals surface area contributed by atoms with Crippen LogP contribution in [-0.4, -0.2) is 19.3 Å². The molecule has 3 N–H and O–H groups in total. The number of hydrogen-bond donors (Lipinski definition) is 2. The molecule has 1 aliphatic rings. The SMILES string of the molecule is FC(F)(F)C1CCNCC1.Nc1cccc(Cl)c1. The summed E-state index contributed by atoms with van der Waals surface area (Å²) in [5, 5.41) is 3.57. The maximum absolute atomic E-state index is 11.9. The summed E-state index contributed by atoms with van der Waals surface area (Å²) in [6.45, 7) is 1.01. The van der Waals surface area contributed by atoms with Crippen molar-refractivity contribution in [3.63, 3.8) is 0 Å². The maximum atomic E-state index is 11.9. The Kier molecular flexibility index (Phi) is 5.75. The highest BCUT2D eigenvalue weighted by molar-refractivity contribution is 6.30. The second-order valence-corrected chi connectivity index (χ2v) is 4.56. The van der Waals surface area contributed by atoms with Gasteiger partial charge in [0.2, 0.25) is 0 Å². The second kappa shape index (κ2) is 6.85. The molecule has 0 aromatic heterocycles. The first-order valence-corrected chi connectivity index (χ1v) is 6.06. The lowest BCUT2D eigenvalue weighted by Gasteiger charge is -2.24. The molecule has 0 radical (unpaired) electrons. The Labute approximate surface area is 109 Å². The lowest BCUT2D eigenvalue weighted by molar-refractivity contribution is -0.180. The van der Waals surface area contributed by atoms with Crippen LogP contribution in [0.25, 0.3) is 0 Å². The lowest BCUT2D eigenvalue weighted by Crippen LogP contribution is -2.35. The van der Waals surface area contributed by atoms with Gasteiger partial charge in [-0.05, 0) is 44.1 Å². The van der Waals surface area contributed by atoms with Crippen molar-refractivity contribution in [2.24, 2.45) is 5.92 Å². The molecule has 0 spiro atoms. The molecule has 0 unspecified atom stereocenters. The van der Waals surface area contributed by atoms with E-state index in [1.54, 1.807) is 18.2 Å². The van der Waals surface area contributed by atoms with E-state index in [-0.39, 0.29) is 12.8 Å². The Hall–Kier alpha value is -0.940. The Morgan fingerprint density at radius 3 is 2.17 bits per heavy atom. The third-order valence-electron chi connectivity index (χ3n) is 2.65. The molecule has 102 valence electrons. The van der Waals surface area contributed by atoms with Gasteiger partial charge < -0.3 is 11.1 Å². The average Bonchev–Trinajstić information content (AvgIpc) is 2.29. The number of piperidine rings is 1. The van der Waals surface area contributed by atoms with Gasteiger partial charge in [0, 0.05) is 10.7 Å². The van der Waals surface area contributed by atoms with Crippen LogP contribution in [-0.2, 0) is 0 Å². The fraction of sp³-hybridized carbons (Fsp3) is 0.500. The largest absolute Gasteiger partial charge is 0.399 e. The first kappa shape index (κ1) is 15.1. The number of benzene rings is 1. The highest BCUT2D eigenvalue weighted by Crippen LogP contribution is 2.31. The average molecular weight is 281 g/mol. The number of hydrogen-bond acceptors (Lipinski definition) is 2. The van der Waals surface area contributed by atoms with Gasteiger partial charge in [0.05, 0.1) is 5.92 Å². The molecule has 1 aromatic carbocycles. The summed E-state index contributed by atoms with van der Waals surface area (Å²) in [7, 11) is 0. The summed E-state index contributed by atoms with van der Waals surface area (Å²) in [5.41, 5.74) is 6.08. The fourth-order valence-electron chi connectivity index (χ4n) is 1.66. The van der Waals surface area contributed by atoms with E-state index in [0.717, 1.165) is 0 Å². The van der Waals surface area contributed by atoms with Gasteiger partial charge in [0.15, 0.2) is 0 Å². The van der Waals surface area contributed by atoms with Crippen LogP contribution in [0.1, 0.15) is 12.8 Å². The molecule has 6 heteroatoms. The number of anilines is 1. The Balaban J connectivity index is 0.000000184. The van der Waals surface area contributed by atoms with Gasteiger partial charge in [-0.2, -0.15) is 13.2 Å². The van der Waals surface area contributed by atoms with Crippen molar-refractivity contribution in [1.82, 2.24) is 5.32 Å². The summed E-state index contributed by atoms with van der Waals surface area (Å²) < 4.78 is 35.7. The summed E-state index contributed by atoms with van der Waals surface area (Å²) in [6, 6.07) is 7.11. The van der Waals surface area contributed by atoms with E-state index in [4.69, 9.17) is 17.3 Å². The Bertz CT molecular complexity index is 345. The standard InChI is InChI=1S/C6H6ClN.C6H10F3N/c7-5-2-1-3-6(8)4-5;7-6(8,9)5-1-3-10-4-2-5/h1-4H,8H2;5,10H,1-4H2. The van der Waals surface area contributed by atoms with Gasteiger partial charge in [-0.15, -0.1) is 0 Å². The van der Waals surface area contributed by atoms with Gasteiger partial charge in [-0.3, -0.25) is 0 Å². The third kappa shape index (κ3) is 5.60. The van der Waals surface area contributed by atoms with Crippen molar-refractivity contribution in [3.05, 3.63) is 29.3 Å². The van der Waals surface area contributed by atoms with Crippen molar-refractivity contribution >= 4 is 17.3 Å². The Morgan fingerprint density at radius 1 is 1.22 bits per heavy atom. The minimum Gasteiger partial charge on any atom is -0.399 e. The number of halogens is 4. The molecule has 1 heterocycles. The molecule has 0 aliphatic carbocycles. The molecule has 0 saturated carbocycles. The molecule has 0 bridgehead atoms. The van der Waals surface area contributed by atoms with Crippen molar-refractivity contribution in [2.45, 2.75) is 19.0 Å². The third-order valence-corrected chi connectivity index (χ3v) is 2.89. The predicted molar refractivity (Wildman–Crippen MR) is 67.5 cm³/mol. The monoisotopic (exact) mass is 280 g/mol. The Morgan fingerprint density at radius 2 is 1.83 bits per heavy atom. The lowest BCUT2D eigenvalue weighted by atomic mass is 9.98. The van der Waals surface area contributed by atoms with Crippen LogP contribution < -0.4 is 11.1 Å². The highest BCUT2D eigenvalue weighted by atomic mass is 35.5. The number of nitrogens with one attached hydrogen (secondary N) is 1. The molecule has 18 heavy (non-hydrogen) atoms. The van der Waals surface area contributed by atoms with Crippen LogP contribution in [0.3, 0.4) is 0 Å². The summed E-state index contributed by atoms with van der Waals surface area (Å²) >= 11 is 5.56. The summed E-state index contributed by atoms with van der Waals surface area (Å²) in [6.07, 6.45) is -3.49. The molecule has 2 nitrogen and oxygen atoms in total. The molecule has 0 atom stereocenters. The van der Waals surface area contributed by atoms with Gasteiger partial charge in [-0.25, -0.2) is 0 Å². The second-order valence-electron chi connectivity index (χ2n) is 4.12. The maximum Gasteiger partial charge on any atom is 0.391 e. The minimum atomic E-state index is -3.97. The summed E-state index contributed by atoms with van der Waals surface area (Å²) in [4.78, 5) is 0. The molecular formula is C12H16ClF3N2. The number of nitrogens with two attached hydrogens (primary N) is 1. The van der Waals surface area contributed by atoms with E-state index in [0.29, 0.717) is 23.8 Å². The van der Waals surface area contributed by atoms with Crippen LogP contribution in [0.15, 0.2) is 24.3 Å². The van der Waals surface area contributed by atoms with Crippen LogP contribution in [0.2, 0.25) is 5.02 Å². The van der Waals surface area contributed by atoms with Crippen molar-refractivity contribution in [3.8, 4) is 0 Å². The molecule has 0 amide bonds. The topological polar surface area (TPSA) is 38.0 Å². The van der Waals surface area contributed by atoms with Gasteiger partial charge in [0.1, 0.15) is 0 Å². The van der Waals surface area contributed by atoms with E-state index in [9.17, 15) is 13.2 Å². The van der Waals surface area contributed by atoms with Gasteiger partial charge >= 0.3 is 6.18 Å². The van der Waals surface area contributed by atoms with Gasteiger partial charge in [0.25, 0.3) is 0 Å². The smallest absolute Gasteiger partial charge is 0.391 e. The van der Waals surface area contributed by atoms with E-state index < -0.39 is 12.1 Å². The number of nitrogen functional groups attached to an aromatic ring is 1. The summed E-state index contributed by atoms with van der Waals surface area (Å²) in [5.74, 6) is -1.06. The first-order chi connectivity index (χ1) is 8.39. The highest BCUT2D eigenvalue weighted by Gasteiger charge is 2.39. The molecule has 1 aromatic rings. The number of rotatable bonds is 0. The predicted octanol–water partition coefficient (Wildman–Crippen LogP) is 3.47. The fourth-order valence-corrected chi connectivity index (χ4v) is 1.85. The molecular weight excluding hydrogens is 265 g/mol. The first-order valence-electron chi connectivity index (χ1n) is 5.68. The van der Waals surface area contributed by atoms with Crippen LogP contribution in [0.5, 0.6) is 0 Å². The van der Waals surface area contributed by atoms with Crippen LogP contribution >= 0.6 is 11.6 Å². The van der Waals surface area contributed by atoms with E-state index in [1.807, 2.05) is 6.07 Å². The normalized spacial score (nSPS) is 16.9. The van der Waals surface area contributed by atoms with Gasteiger partial charge in [-0.1, -0.05) is 17.7 Å². The zero-order valence-corrected chi connectivity index (χ0v) is 10.6. The van der Waals surface area contributed by atoms with E-state index in [2.05, 4.69) is 5.32 Å². The molecule has 2 rings (SSSR count). The van der Waals surface area contributed by atoms with Crippen molar-refractivity contribution < 1.29 is 13.2 Å². The zero-order valence-electron chi connectivity index (χ0n) is 9.80.